The molecule has 0 saturated heterocycles. The van der Waals surface area contributed by atoms with Crippen LogP contribution in [0.4, 0.5) is 14.6 Å². The highest BCUT2D eigenvalue weighted by Gasteiger charge is 2.28. The predicted molar refractivity (Wildman–Crippen MR) is 98.7 cm³/mol. The minimum Gasteiger partial charge on any atom is -0.359 e. The molecule has 0 aliphatic heterocycles. The predicted octanol–water partition coefficient (Wildman–Crippen LogP) is 4.18. The van der Waals surface area contributed by atoms with Gasteiger partial charge < -0.3 is 9.84 Å². The number of aromatic nitrogens is 3. The van der Waals surface area contributed by atoms with E-state index in [2.05, 4.69) is 15.6 Å². The molecule has 0 spiro atoms. The fourth-order valence-corrected chi connectivity index (χ4v) is 3.31. The van der Waals surface area contributed by atoms with Gasteiger partial charge in [0.15, 0.2) is 23.1 Å². The van der Waals surface area contributed by atoms with Crippen LogP contribution in [-0.2, 0) is 18.3 Å². The van der Waals surface area contributed by atoms with Crippen molar-refractivity contribution in [3.8, 4) is 5.69 Å². The summed E-state index contributed by atoms with van der Waals surface area (Å²) in [6, 6.07) is 5.26. The van der Waals surface area contributed by atoms with Gasteiger partial charge in [0.2, 0.25) is 0 Å². The lowest BCUT2D eigenvalue weighted by Gasteiger charge is -2.11. The van der Waals surface area contributed by atoms with Crippen molar-refractivity contribution in [3.05, 3.63) is 58.6 Å². The van der Waals surface area contributed by atoms with Gasteiger partial charge in [-0.3, -0.25) is 4.79 Å². The molecule has 28 heavy (non-hydrogen) atoms. The summed E-state index contributed by atoms with van der Waals surface area (Å²) in [6.45, 7) is 5.94. The van der Waals surface area contributed by atoms with E-state index in [4.69, 9.17) is 4.52 Å². The number of rotatable bonds is 3. The van der Waals surface area contributed by atoms with Crippen LogP contribution in [-0.4, -0.2) is 20.8 Å². The molecule has 0 atom stereocenters. The molecular formula is C20H20F2N4O2. The van der Waals surface area contributed by atoms with E-state index in [-0.39, 0.29) is 11.1 Å². The standard InChI is InChI=1S/C20H20F2N4O2/c1-20(2,3)16-10-17(25-28-16)23-19(27)18-12-5-4-6-15(12)26(24-18)11-7-8-13(21)14(22)9-11/h7-10H,4-6H2,1-3H3,(H,23,25,27). The van der Waals surface area contributed by atoms with Crippen LogP contribution in [0.2, 0.25) is 0 Å². The van der Waals surface area contributed by atoms with Crippen molar-refractivity contribution in [1.82, 2.24) is 14.9 Å². The molecule has 4 rings (SSSR count). The molecular weight excluding hydrogens is 366 g/mol. The fraction of sp³-hybridized carbons (Fsp3) is 0.350. The van der Waals surface area contributed by atoms with E-state index >= 15 is 0 Å². The van der Waals surface area contributed by atoms with Gasteiger partial charge in [-0.15, -0.1) is 0 Å². The van der Waals surface area contributed by atoms with E-state index in [0.29, 0.717) is 30.1 Å². The van der Waals surface area contributed by atoms with Gasteiger partial charge in [-0.2, -0.15) is 5.10 Å². The van der Waals surface area contributed by atoms with Gasteiger partial charge in [-0.1, -0.05) is 25.9 Å². The molecule has 2 aromatic heterocycles. The normalized spacial score (nSPS) is 13.6. The maximum atomic E-state index is 13.7. The van der Waals surface area contributed by atoms with Gasteiger partial charge in [0.25, 0.3) is 5.91 Å². The number of amides is 1. The number of halogens is 2. The van der Waals surface area contributed by atoms with E-state index in [9.17, 15) is 13.6 Å². The van der Waals surface area contributed by atoms with Crippen LogP contribution in [0, 0.1) is 11.6 Å². The SMILES string of the molecule is CC(C)(C)c1cc(NC(=O)c2nn(-c3ccc(F)c(F)c3)c3c2CCC3)no1. The molecule has 0 bridgehead atoms. The minimum absolute atomic E-state index is 0.231. The molecule has 6 nitrogen and oxygen atoms in total. The third-order valence-corrected chi connectivity index (χ3v) is 4.78. The largest absolute Gasteiger partial charge is 0.359 e. The van der Waals surface area contributed by atoms with Crippen LogP contribution >= 0.6 is 0 Å². The molecule has 2 heterocycles. The first-order valence-electron chi connectivity index (χ1n) is 9.09. The summed E-state index contributed by atoms with van der Waals surface area (Å²) in [5.41, 5.74) is 2.07. The molecule has 0 unspecified atom stereocenters. The third-order valence-electron chi connectivity index (χ3n) is 4.78. The molecule has 0 saturated carbocycles. The van der Waals surface area contributed by atoms with Gasteiger partial charge >= 0.3 is 0 Å². The molecule has 146 valence electrons. The summed E-state index contributed by atoms with van der Waals surface area (Å²) < 4.78 is 33.7. The van der Waals surface area contributed by atoms with Gasteiger partial charge in [0.1, 0.15) is 5.76 Å². The van der Waals surface area contributed by atoms with Crippen LogP contribution < -0.4 is 5.32 Å². The van der Waals surface area contributed by atoms with Gasteiger partial charge in [-0.25, -0.2) is 13.5 Å². The first-order chi connectivity index (χ1) is 13.2. The highest BCUT2D eigenvalue weighted by atomic mass is 19.2. The van der Waals surface area contributed by atoms with Crippen molar-refractivity contribution >= 4 is 11.7 Å². The maximum Gasteiger partial charge on any atom is 0.277 e. The van der Waals surface area contributed by atoms with Crippen molar-refractivity contribution in [3.63, 3.8) is 0 Å². The summed E-state index contributed by atoms with van der Waals surface area (Å²) in [5, 5.41) is 11.0. The molecule has 3 aromatic rings. The monoisotopic (exact) mass is 386 g/mol. The number of hydrogen-bond acceptors (Lipinski definition) is 4. The first kappa shape index (κ1) is 18.3. The van der Waals surface area contributed by atoms with Crippen molar-refractivity contribution < 1.29 is 18.1 Å². The molecule has 8 heteroatoms. The second kappa shape index (κ2) is 6.54. The maximum absolute atomic E-state index is 13.7. The Balaban J connectivity index is 1.66. The zero-order valence-electron chi connectivity index (χ0n) is 15.8. The molecule has 1 aliphatic carbocycles. The number of benzene rings is 1. The van der Waals surface area contributed by atoms with Crippen molar-refractivity contribution in [1.29, 1.82) is 0 Å². The average Bonchev–Trinajstić information content (AvgIpc) is 3.32. The smallest absolute Gasteiger partial charge is 0.277 e. The first-order valence-corrected chi connectivity index (χ1v) is 9.09. The Bertz CT molecular complexity index is 1060. The lowest BCUT2D eigenvalue weighted by Crippen LogP contribution is -2.15. The van der Waals surface area contributed by atoms with Crippen LogP contribution in [0.5, 0.6) is 0 Å². The molecule has 0 radical (unpaired) electrons. The van der Waals surface area contributed by atoms with Gasteiger partial charge in [-0.05, 0) is 31.4 Å². The number of carbonyl (C=O) groups is 1. The minimum atomic E-state index is -0.956. The second-order valence-corrected chi connectivity index (χ2v) is 7.92. The van der Waals surface area contributed by atoms with Crippen LogP contribution in [0.1, 0.15) is 54.7 Å². The van der Waals surface area contributed by atoms with Crippen LogP contribution in [0.15, 0.2) is 28.8 Å². The van der Waals surface area contributed by atoms with Crippen LogP contribution in [0.25, 0.3) is 5.69 Å². The van der Waals surface area contributed by atoms with E-state index in [1.807, 2.05) is 20.8 Å². The summed E-state index contributed by atoms with van der Waals surface area (Å²) in [4.78, 5) is 12.8. The third kappa shape index (κ3) is 3.19. The number of nitrogens with one attached hydrogen (secondary N) is 1. The number of nitrogens with zero attached hydrogens (tertiary/aromatic N) is 3. The second-order valence-electron chi connectivity index (χ2n) is 7.92. The Kier molecular flexibility index (Phi) is 4.28. The number of hydrogen-bond donors (Lipinski definition) is 1. The lowest BCUT2D eigenvalue weighted by atomic mass is 9.93. The summed E-state index contributed by atoms with van der Waals surface area (Å²) in [7, 11) is 0. The Hall–Kier alpha value is -3.03. The average molecular weight is 386 g/mol. The topological polar surface area (TPSA) is 73.0 Å². The van der Waals surface area contributed by atoms with E-state index in [1.54, 1.807) is 6.07 Å². The van der Waals surface area contributed by atoms with E-state index < -0.39 is 17.5 Å². The van der Waals surface area contributed by atoms with Gasteiger partial charge in [0, 0.05) is 28.8 Å². The highest BCUT2D eigenvalue weighted by Crippen LogP contribution is 2.29. The fourth-order valence-electron chi connectivity index (χ4n) is 3.31. The lowest BCUT2D eigenvalue weighted by molar-refractivity contribution is 0.102. The molecule has 1 aromatic carbocycles. The summed E-state index contributed by atoms with van der Waals surface area (Å²) >= 11 is 0. The molecule has 1 N–H and O–H groups in total. The Morgan fingerprint density at radius 1 is 1.18 bits per heavy atom. The van der Waals surface area contributed by atoms with Gasteiger partial charge in [0.05, 0.1) is 5.69 Å². The van der Waals surface area contributed by atoms with E-state index in [1.165, 1.54) is 10.7 Å². The van der Waals surface area contributed by atoms with Crippen molar-refractivity contribution in [2.45, 2.75) is 45.4 Å². The molecule has 1 aliphatic rings. The van der Waals surface area contributed by atoms with Crippen molar-refractivity contribution in [2.24, 2.45) is 0 Å². The summed E-state index contributed by atoms with van der Waals surface area (Å²) in [6.07, 6.45) is 2.29. The molecule has 1 amide bonds. The van der Waals surface area contributed by atoms with Crippen molar-refractivity contribution in [2.75, 3.05) is 5.32 Å². The Morgan fingerprint density at radius 3 is 2.64 bits per heavy atom. The number of carbonyl (C=O) groups excluding carboxylic acids is 1. The number of anilines is 1. The summed E-state index contributed by atoms with van der Waals surface area (Å²) in [5.74, 6) is -1.33. The van der Waals surface area contributed by atoms with Crippen LogP contribution in [0.3, 0.4) is 0 Å². The van der Waals surface area contributed by atoms with E-state index in [0.717, 1.165) is 29.8 Å². The zero-order chi connectivity index (χ0) is 20.1. The quantitative estimate of drug-likeness (QED) is 0.733. The zero-order valence-corrected chi connectivity index (χ0v) is 15.8. The molecule has 0 fully saturated rings. The number of fused-ring (bicyclic) bond motifs is 1. The Labute approximate surface area is 160 Å². The Morgan fingerprint density at radius 2 is 1.96 bits per heavy atom. The highest BCUT2D eigenvalue weighted by molar-refractivity contribution is 6.03.